The van der Waals surface area contributed by atoms with Crippen molar-refractivity contribution in [1.29, 1.82) is 0 Å². The summed E-state index contributed by atoms with van der Waals surface area (Å²) in [6, 6.07) is 7.69. The first-order chi connectivity index (χ1) is 14.7. The van der Waals surface area contributed by atoms with Gasteiger partial charge >= 0.3 is 5.91 Å². The van der Waals surface area contributed by atoms with Gasteiger partial charge in [-0.3, -0.25) is 14.5 Å². The molecule has 1 aromatic carbocycles. The number of aliphatic hydroxyl groups is 1. The molecule has 2 aromatic heterocycles. The molecule has 4 rings (SSSR count). The van der Waals surface area contributed by atoms with Crippen molar-refractivity contribution in [3.05, 3.63) is 69.7 Å². The van der Waals surface area contributed by atoms with Crippen LogP contribution in [0.5, 0.6) is 5.75 Å². The number of aryl methyl sites for hydroxylation is 3. The Morgan fingerprint density at radius 1 is 1.13 bits per heavy atom. The zero-order valence-corrected chi connectivity index (χ0v) is 17.9. The zero-order valence-electron chi connectivity index (χ0n) is 17.9. The highest BCUT2D eigenvalue weighted by Gasteiger charge is 2.48. The number of nitrogens with one attached hydrogen (secondary N) is 1. The number of aromatic nitrogens is 2. The lowest BCUT2D eigenvalue weighted by molar-refractivity contribution is -0.132. The Balaban J connectivity index is 1.97. The second kappa shape index (κ2) is 7.46. The number of Topliss-reactive ketones (excluding diaryl/α,β-unsaturated/α-hetero) is 1. The summed E-state index contributed by atoms with van der Waals surface area (Å²) < 4.78 is 10.4. The van der Waals surface area contributed by atoms with Gasteiger partial charge in [0.2, 0.25) is 0 Å². The van der Waals surface area contributed by atoms with Gasteiger partial charge in [0, 0.05) is 23.0 Å². The number of aliphatic hydroxyl groups excluding tert-OH is 1. The van der Waals surface area contributed by atoms with Crippen molar-refractivity contribution >= 4 is 23.3 Å². The zero-order chi connectivity index (χ0) is 22.4. The fourth-order valence-corrected chi connectivity index (χ4v) is 4.03. The van der Waals surface area contributed by atoms with Crippen LogP contribution in [0.25, 0.3) is 5.76 Å². The number of carbonyl (C=O) groups is 2. The normalized spacial score (nSPS) is 18.1. The second-order valence-electron chi connectivity index (χ2n) is 7.61. The number of aromatic amines is 1. The third-order valence-corrected chi connectivity index (χ3v) is 5.66. The summed E-state index contributed by atoms with van der Waals surface area (Å²) in [5.74, 6) is -0.446. The molecule has 8 nitrogen and oxygen atoms in total. The second-order valence-corrected chi connectivity index (χ2v) is 7.61. The molecule has 1 fully saturated rings. The van der Waals surface area contributed by atoms with E-state index in [4.69, 9.17) is 9.26 Å². The van der Waals surface area contributed by atoms with Crippen molar-refractivity contribution in [2.45, 2.75) is 33.7 Å². The van der Waals surface area contributed by atoms with E-state index < -0.39 is 17.7 Å². The van der Waals surface area contributed by atoms with Crippen molar-refractivity contribution in [2.24, 2.45) is 0 Å². The van der Waals surface area contributed by atoms with E-state index in [2.05, 4.69) is 10.1 Å². The molecule has 0 saturated carbocycles. The topological polar surface area (TPSA) is 109 Å². The Labute approximate surface area is 179 Å². The van der Waals surface area contributed by atoms with Crippen molar-refractivity contribution in [3.63, 3.8) is 0 Å². The molecule has 3 heterocycles. The number of rotatable bonds is 4. The van der Waals surface area contributed by atoms with E-state index in [1.165, 1.54) is 4.90 Å². The molecule has 1 amide bonds. The van der Waals surface area contributed by atoms with Gasteiger partial charge in [-0.1, -0.05) is 17.3 Å². The Bertz CT molecular complexity index is 1220. The van der Waals surface area contributed by atoms with Gasteiger partial charge in [-0.2, -0.15) is 0 Å². The molecule has 0 spiro atoms. The number of carbonyl (C=O) groups excluding carboxylic acids is 2. The number of benzene rings is 1. The van der Waals surface area contributed by atoms with Crippen LogP contribution >= 0.6 is 0 Å². The third-order valence-electron chi connectivity index (χ3n) is 5.66. The number of amides is 1. The maximum atomic E-state index is 13.1. The maximum Gasteiger partial charge on any atom is 0.301 e. The maximum absolute atomic E-state index is 13.1. The Hall–Kier alpha value is -3.81. The Morgan fingerprint density at radius 3 is 2.32 bits per heavy atom. The van der Waals surface area contributed by atoms with Crippen molar-refractivity contribution in [1.82, 2.24) is 10.1 Å². The first-order valence-electron chi connectivity index (χ1n) is 9.79. The number of methoxy groups -OCH3 is 1. The monoisotopic (exact) mass is 421 g/mol. The summed E-state index contributed by atoms with van der Waals surface area (Å²) >= 11 is 0. The summed E-state index contributed by atoms with van der Waals surface area (Å²) in [4.78, 5) is 30.6. The first kappa shape index (κ1) is 20.5. The quantitative estimate of drug-likeness (QED) is 0.376. The molecule has 2 N–H and O–H groups in total. The summed E-state index contributed by atoms with van der Waals surface area (Å²) in [6.07, 6.45) is 0. The van der Waals surface area contributed by atoms with Crippen molar-refractivity contribution < 1.29 is 24.0 Å². The lowest BCUT2D eigenvalue weighted by Crippen LogP contribution is -2.29. The van der Waals surface area contributed by atoms with Gasteiger partial charge in [0.25, 0.3) is 5.78 Å². The molecular formula is C23H23N3O5. The van der Waals surface area contributed by atoms with E-state index in [1.807, 2.05) is 20.8 Å². The summed E-state index contributed by atoms with van der Waals surface area (Å²) in [5.41, 5.74) is 3.55. The van der Waals surface area contributed by atoms with Crippen LogP contribution in [0.15, 0.2) is 40.4 Å². The molecule has 1 unspecified atom stereocenters. The van der Waals surface area contributed by atoms with E-state index in [0.29, 0.717) is 28.3 Å². The van der Waals surface area contributed by atoms with Crippen LogP contribution < -0.4 is 9.64 Å². The van der Waals surface area contributed by atoms with E-state index >= 15 is 0 Å². The summed E-state index contributed by atoms with van der Waals surface area (Å²) in [6.45, 7) is 7.25. The van der Waals surface area contributed by atoms with Gasteiger partial charge in [0.05, 0.1) is 18.7 Å². The number of ether oxygens (including phenoxy) is 1. The largest absolute Gasteiger partial charge is 0.507 e. The fraction of sp³-hybridized carbons (Fsp3) is 0.261. The first-order valence-corrected chi connectivity index (χ1v) is 9.79. The SMILES string of the molecule is COc1ccc(C2/C(=C(\O)c3c(C)[nH]c(C)c3C)C(=O)C(=O)N2c2cc(C)on2)cc1. The molecule has 1 atom stereocenters. The molecule has 1 saturated heterocycles. The van der Waals surface area contributed by atoms with Gasteiger partial charge in [-0.25, -0.2) is 0 Å². The molecule has 0 radical (unpaired) electrons. The van der Waals surface area contributed by atoms with Crippen LogP contribution in [0, 0.1) is 27.7 Å². The minimum absolute atomic E-state index is 0.000944. The Morgan fingerprint density at radius 2 is 1.81 bits per heavy atom. The van der Waals surface area contributed by atoms with Crippen LogP contribution in [0.1, 0.15) is 39.9 Å². The molecular weight excluding hydrogens is 398 g/mol. The lowest BCUT2D eigenvalue weighted by atomic mass is 9.94. The van der Waals surface area contributed by atoms with Crippen molar-refractivity contribution in [3.8, 4) is 5.75 Å². The number of hydrogen-bond donors (Lipinski definition) is 2. The third kappa shape index (κ3) is 3.20. The summed E-state index contributed by atoms with van der Waals surface area (Å²) in [5, 5.41) is 15.2. The van der Waals surface area contributed by atoms with Crippen LogP contribution in [0.2, 0.25) is 0 Å². The van der Waals surface area contributed by atoms with E-state index in [0.717, 1.165) is 11.3 Å². The molecule has 0 bridgehead atoms. The number of hydrogen-bond acceptors (Lipinski definition) is 6. The molecule has 8 heteroatoms. The molecule has 1 aliphatic heterocycles. The molecule has 3 aromatic rings. The van der Waals surface area contributed by atoms with E-state index in [-0.39, 0.29) is 17.2 Å². The van der Waals surface area contributed by atoms with Gasteiger partial charge in [-0.05, 0) is 51.0 Å². The van der Waals surface area contributed by atoms with Crippen LogP contribution in [-0.4, -0.2) is 34.0 Å². The predicted octanol–water partition coefficient (Wildman–Crippen LogP) is 3.87. The molecule has 31 heavy (non-hydrogen) atoms. The highest BCUT2D eigenvalue weighted by molar-refractivity contribution is 6.51. The molecule has 1 aliphatic rings. The van der Waals surface area contributed by atoms with Crippen LogP contribution in [0.3, 0.4) is 0 Å². The fourth-order valence-electron chi connectivity index (χ4n) is 4.03. The van der Waals surface area contributed by atoms with E-state index in [9.17, 15) is 14.7 Å². The van der Waals surface area contributed by atoms with Crippen molar-refractivity contribution in [2.75, 3.05) is 12.0 Å². The minimum Gasteiger partial charge on any atom is -0.507 e. The van der Waals surface area contributed by atoms with Gasteiger partial charge in [0.1, 0.15) is 17.3 Å². The number of anilines is 1. The number of H-pyrrole nitrogens is 1. The van der Waals surface area contributed by atoms with Crippen LogP contribution in [0.4, 0.5) is 5.82 Å². The lowest BCUT2D eigenvalue weighted by Gasteiger charge is -2.23. The average Bonchev–Trinajstić information content (AvgIpc) is 3.36. The predicted molar refractivity (Wildman–Crippen MR) is 114 cm³/mol. The number of nitrogens with zero attached hydrogens (tertiary/aromatic N) is 2. The van der Waals surface area contributed by atoms with Gasteiger partial charge in [0.15, 0.2) is 5.82 Å². The summed E-state index contributed by atoms with van der Waals surface area (Å²) in [7, 11) is 1.55. The van der Waals surface area contributed by atoms with Gasteiger partial charge < -0.3 is 19.4 Å². The highest BCUT2D eigenvalue weighted by Crippen LogP contribution is 2.43. The minimum atomic E-state index is -0.871. The number of ketones is 1. The average molecular weight is 421 g/mol. The molecule has 160 valence electrons. The van der Waals surface area contributed by atoms with Crippen LogP contribution in [-0.2, 0) is 9.59 Å². The van der Waals surface area contributed by atoms with E-state index in [1.54, 1.807) is 44.4 Å². The van der Waals surface area contributed by atoms with Gasteiger partial charge in [-0.15, -0.1) is 0 Å². The smallest absolute Gasteiger partial charge is 0.301 e. The molecule has 0 aliphatic carbocycles. The highest BCUT2D eigenvalue weighted by atomic mass is 16.5. The standard InChI is InChI=1S/C23H23N3O5/c1-11-10-17(25-31-11)26-20(15-6-8-16(30-5)9-7-15)19(22(28)23(26)29)21(27)18-12(2)13(3)24-14(18)4/h6-10,20,24,27H,1-5H3/b21-19+. The Kier molecular flexibility index (Phi) is 4.93.